The second kappa shape index (κ2) is 5.92. The average Bonchev–Trinajstić information content (AvgIpc) is 2.48. The summed E-state index contributed by atoms with van der Waals surface area (Å²) in [5.74, 6) is -0.126. The molecule has 0 aliphatic carbocycles. The number of nitrogens with zero attached hydrogens (tertiary/aromatic N) is 1. The Kier molecular flexibility index (Phi) is 4.05. The number of benzene rings is 1. The Hall–Kier alpha value is -2.76. The first-order chi connectivity index (χ1) is 9.60. The number of ether oxygens (including phenoxy) is 2. The van der Waals surface area contributed by atoms with Crippen LogP contribution in [0.3, 0.4) is 0 Å². The molecule has 2 N–H and O–H groups in total. The van der Waals surface area contributed by atoms with Crippen molar-refractivity contribution in [3.05, 3.63) is 47.7 Å². The van der Waals surface area contributed by atoms with Gasteiger partial charge in [0.05, 0.1) is 12.7 Å². The standard InChI is InChI=1S/C14H13NO5/c1-19-14(18)9-2-5-13(15-7-9)20-8-10-6-11(16)3-4-12(10)17/h2-7,16-17H,8H2,1H3. The van der Waals surface area contributed by atoms with Gasteiger partial charge in [0.15, 0.2) is 0 Å². The molecule has 0 aliphatic rings. The predicted octanol–water partition coefficient (Wildman–Crippen LogP) is 1.86. The van der Waals surface area contributed by atoms with Crippen LogP contribution in [0.4, 0.5) is 0 Å². The molecule has 6 nitrogen and oxygen atoms in total. The Morgan fingerprint density at radius 2 is 2.05 bits per heavy atom. The van der Waals surface area contributed by atoms with Crippen molar-refractivity contribution < 1.29 is 24.5 Å². The van der Waals surface area contributed by atoms with Gasteiger partial charge in [0.2, 0.25) is 5.88 Å². The Morgan fingerprint density at radius 3 is 2.70 bits per heavy atom. The largest absolute Gasteiger partial charge is 0.508 e. The molecule has 0 saturated heterocycles. The Balaban J connectivity index is 2.04. The minimum atomic E-state index is -0.477. The zero-order valence-corrected chi connectivity index (χ0v) is 10.7. The van der Waals surface area contributed by atoms with Gasteiger partial charge in [-0.15, -0.1) is 0 Å². The molecule has 2 aromatic rings. The monoisotopic (exact) mass is 275 g/mol. The summed E-state index contributed by atoms with van der Waals surface area (Å²) in [6.45, 7) is 0.0464. The lowest BCUT2D eigenvalue weighted by Crippen LogP contribution is -2.03. The molecule has 0 fully saturated rings. The van der Waals surface area contributed by atoms with Gasteiger partial charge in [0.25, 0.3) is 0 Å². The van der Waals surface area contributed by atoms with Gasteiger partial charge in [-0.05, 0) is 24.3 Å². The number of aromatic nitrogens is 1. The summed E-state index contributed by atoms with van der Waals surface area (Å²) in [5.41, 5.74) is 0.754. The van der Waals surface area contributed by atoms with E-state index in [2.05, 4.69) is 9.72 Å². The fourth-order valence-corrected chi connectivity index (χ4v) is 1.54. The van der Waals surface area contributed by atoms with Crippen molar-refractivity contribution in [2.24, 2.45) is 0 Å². The van der Waals surface area contributed by atoms with Crippen molar-refractivity contribution in [1.29, 1.82) is 0 Å². The van der Waals surface area contributed by atoms with Crippen molar-refractivity contribution in [3.8, 4) is 17.4 Å². The third kappa shape index (κ3) is 3.17. The number of carbonyl (C=O) groups is 1. The van der Waals surface area contributed by atoms with E-state index in [0.717, 1.165) is 0 Å². The quantitative estimate of drug-likeness (QED) is 0.654. The van der Waals surface area contributed by atoms with Crippen LogP contribution in [-0.4, -0.2) is 28.3 Å². The molecule has 20 heavy (non-hydrogen) atoms. The van der Waals surface area contributed by atoms with Crippen molar-refractivity contribution >= 4 is 5.97 Å². The van der Waals surface area contributed by atoms with E-state index in [4.69, 9.17) is 4.74 Å². The van der Waals surface area contributed by atoms with Crippen LogP contribution >= 0.6 is 0 Å². The topological polar surface area (TPSA) is 88.9 Å². The Labute approximate surface area is 115 Å². The normalized spacial score (nSPS) is 10.1. The highest BCUT2D eigenvalue weighted by atomic mass is 16.5. The van der Waals surface area contributed by atoms with Gasteiger partial charge in [-0.1, -0.05) is 0 Å². The van der Waals surface area contributed by atoms with E-state index in [0.29, 0.717) is 17.0 Å². The lowest BCUT2D eigenvalue weighted by atomic mass is 10.2. The first-order valence-electron chi connectivity index (χ1n) is 5.78. The van der Waals surface area contributed by atoms with Crippen LogP contribution in [0.2, 0.25) is 0 Å². The van der Waals surface area contributed by atoms with Crippen LogP contribution in [0.25, 0.3) is 0 Å². The minimum Gasteiger partial charge on any atom is -0.508 e. The molecule has 0 unspecified atom stereocenters. The number of hydrogen-bond donors (Lipinski definition) is 2. The molecule has 1 aromatic carbocycles. The SMILES string of the molecule is COC(=O)c1ccc(OCc2cc(O)ccc2O)nc1. The molecule has 2 rings (SSSR count). The molecular weight excluding hydrogens is 262 g/mol. The maximum Gasteiger partial charge on any atom is 0.339 e. The molecular formula is C14H13NO5. The van der Waals surface area contributed by atoms with Gasteiger partial charge in [-0.2, -0.15) is 0 Å². The van der Waals surface area contributed by atoms with Crippen molar-refractivity contribution in [2.45, 2.75) is 6.61 Å². The summed E-state index contributed by atoms with van der Waals surface area (Å²) in [6.07, 6.45) is 1.34. The van der Waals surface area contributed by atoms with E-state index in [9.17, 15) is 15.0 Å². The number of phenols is 2. The van der Waals surface area contributed by atoms with Crippen molar-refractivity contribution in [1.82, 2.24) is 4.98 Å². The third-order valence-corrected chi connectivity index (χ3v) is 2.60. The fraction of sp³-hybridized carbons (Fsp3) is 0.143. The van der Waals surface area contributed by atoms with Gasteiger partial charge < -0.3 is 19.7 Å². The van der Waals surface area contributed by atoms with Crippen LogP contribution in [0.5, 0.6) is 17.4 Å². The van der Waals surface area contributed by atoms with Gasteiger partial charge in [0, 0.05) is 17.8 Å². The number of pyridine rings is 1. The highest BCUT2D eigenvalue weighted by Crippen LogP contribution is 2.23. The van der Waals surface area contributed by atoms with Crippen LogP contribution in [0.1, 0.15) is 15.9 Å². The van der Waals surface area contributed by atoms with Crippen molar-refractivity contribution in [3.63, 3.8) is 0 Å². The molecule has 0 aliphatic heterocycles. The molecule has 0 atom stereocenters. The molecule has 0 radical (unpaired) electrons. The summed E-state index contributed by atoms with van der Waals surface area (Å²) in [4.78, 5) is 15.2. The van der Waals surface area contributed by atoms with Gasteiger partial charge in [-0.25, -0.2) is 9.78 Å². The maximum atomic E-state index is 11.2. The second-order valence-corrected chi connectivity index (χ2v) is 3.98. The number of aromatic hydroxyl groups is 2. The van der Waals surface area contributed by atoms with E-state index < -0.39 is 5.97 Å². The zero-order chi connectivity index (χ0) is 14.5. The third-order valence-electron chi connectivity index (χ3n) is 2.60. The average molecular weight is 275 g/mol. The van der Waals surface area contributed by atoms with Gasteiger partial charge in [0.1, 0.15) is 18.1 Å². The smallest absolute Gasteiger partial charge is 0.339 e. The molecule has 1 heterocycles. The van der Waals surface area contributed by atoms with Crippen LogP contribution in [0, 0.1) is 0 Å². The van der Waals surface area contributed by atoms with E-state index in [1.807, 2.05) is 0 Å². The molecule has 0 saturated carbocycles. The zero-order valence-electron chi connectivity index (χ0n) is 10.7. The molecule has 6 heteroatoms. The van der Waals surface area contributed by atoms with Crippen LogP contribution < -0.4 is 4.74 Å². The predicted molar refractivity (Wildman–Crippen MR) is 69.7 cm³/mol. The number of carbonyl (C=O) groups excluding carboxylic acids is 1. The molecule has 0 amide bonds. The highest BCUT2D eigenvalue weighted by molar-refractivity contribution is 5.88. The Morgan fingerprint density at radius 1 is 1.25 bits per heavy atom. The Bertz CT molecular complexity index is 609. The molecule has 1 aromatic heterocycles. The highest BCUT2D eigenvalue weighted by Gasteiger charge is 2.07. The number of esters is 1. The van der Waals surface area contributed by atoms with Crippen LogP contribution in [0.15, 0.2) is 36.5 Å². The minimum absolute atomic E-state index is 0.0222. The lowest BCUT2D eigenvalue weighted by molar-refractivity contribution is 0.0600. The number of methoxy groups -OCH3 is 1. The number of hydrogen-bond acceptors (Lipinski definition) is 6. The summed E-state index contributed by atoms with van der Waals surface area (Å²) in [7, 11) is 1.29. The van der Waals surface area contributed by atoms with Gasteiger partial charge in [-0.3, -0.25) is 0 Å². The summed E-state index contributed by atoms with van der Waals surface area (Å²) in [6, 6.07) is 7.20. The van der Waals surface area contributed by atoms with Crippen molar-refractivity contribution in [2.75, 3.05) is 7.11 Å². The van der Waals surface area contributed by atoms with E-state index in [1.54, 1.807) is 0 Å². The fourth-order valence-electron chi connectivity index (χ4n) is 1.54. The second-order valence-electron chi connectivity index (χ2n) is 3.98. The van der Waals surface area contributed by atoms with Crippen LogP contribution in [-0.2, 0) is 11.3 Å². The molecule has 0 spiro atoms. The van der Waals surface area contributed by atoms with E-state index >= 15 is 0 Å². The molecule has 0 bridgehead atoms. The summed E-state index contributed by atoms with van der Waals surface area (Å²) < 4.78 is 9.92. The lowest BCUT2D eigenvalue weighted by Gasteiger charge is -2.07. The van der Waals surface area contributed by atoms with E-state index in [-0.39, 0.29) is 18.1 Å². The summed E-state index contributed by atoms with van der Waals surface area (Å²) in [5, 5.41) is 18.9. The van der Waals surface area contributed by atoms with E-state index in [1.165, 1.54) is 43.6 Å². The maximum absolute atomic E-state index is 11.2. The first kappa shape index (κ1) is 13.7. The first-order valence-corrected chi connectivity index (χ1v) is 5.78. The number of rotatable bonds is 4. The summed E-state index contributed by atoms with van der Waals surface area (Å²) >= 11 is 0. The molecule has 104 valence electrons. The van der Waals surface area contributed by atoms with Gasteiger partial charge >= 0.3 is 5.97 Å². The number of phenolic OH excluding ortho intramolecular Hbond substituents is 2.